The summed E-state index contributed by atoms with van der Waals surface area (Å²) in [6.07, 6.45) is 4.24. The molecule has 1 unspecified atom stereocenters. The van der Waals surface area contributed by atoms with Crippen LogP contribution in [0.15, 0.2) is 0 Å². The fraction of sp³-hybridized carbons (Fsp3) is 0.929. The third-order valence-corrected chi connectivity index (χ3v) is 3.81. The maximum absolute atomic E-state index is 11.9. The summed E-state index contributed by atoms with van der Waals surface area (Å²) in [6.45, 7) is 6.50. The van der Waals surface area contributed by atoms with E-state index >= 15 is 0 Å². The third kappa shape index (κ3) is 9.75. The van der Waals surface area contributed by atoms with Crippen LogP contribution in [0.5, 0.6) is 0 Å². The first-order chi connectivity index (χ1) is 8.61. The maximum atomic E-state index is 11.9. The molecule has 0 aromatic heterocycles. The van der Waals surface area contributed by atoms with Crippen molar-refractivity contribution in [2.45, 2.75) is 58.1 Å². The molecule has 0 bridgehead atoms. The molecular weight excluding hydrogens is 251 g/mol. The monoisotopic (exact) mass is 278 g/mol. The van der Waals surface area contributed by atoms with Crippen molar-refractivity contribution in [3.63, 3.8) is 0 Å². The largest absolute Gasteiger partial charge is 0.465 e. The molecule has 0 saturated heterocycles. The molecule has 2 nitrogen and oxygen atoms in total. The van der Waals surface area contributed by atoms with Gasteiger partial charge in [0, 0.05) is 0 Å². The zero-order chi connectivity index (χ0) is 13.8. The van der Waals surface area contributed by atoms with Crippen molar-refractivity contribution in [2.75, 3.05) is 19.0 Å². The van der Waals surface area contributed by atoms with Gasteiger partial charge in [-0.1, -0.05) is 27.2 Å². The molecule has 18 heavy (non-hydrogen) atoms. The number of thioether (sulfide) groups is 1. The van der Waals surface area contributed by atoms with E-state index in [9.17, 15) is 9.18 Å². The lowest BCUT2D eigenvalue weighted by Crippen LogP contribution is -2.23. The first-order valence-electron chi connectivity index (χ1n) is 6.96. The molecule has 0 radical (unpaired) electrons. The van der Waals surface area contributed by atoms with E-state index < -0.39 is 0 Å². The molecule has 0 aromatic carbocycles. The second-order valence-corrected chi connectivity index (χ2v) is 6.22. The zero-order valence-electron chi connectivity index (χ0n) is 11.9. The van der Waals surface area contributed by atoms with Gasteiger partial charge in [-0.15, -0.1) is 11.8 Å². The summed E-state index contributed by atoms with van der Waals surface area (Å²) in [5.41, 5.74) is 0. The highest BCUT2D eigenvalue weighted by atomic mass is 32.2. The Kier molecular flexibility index (Phi) is 11.7. The van der Waals surface area contributed by atoms with Gasteiger partial charge >= 0.3 is 5.97 Å². The Morgan fingerprint density at radius 1 is 1.28 bits per heavy atom. The summed E-state index contributed by atoms with van der Waals surface area (Å²) in [7, 11) is 0. The van der Waals surface area contributed by atoms with Crippen LogP contribution in [-0.2, 0) is 9.53 Å². The normalized spacial score (nSPS) is 12.7. The molecule has 4 heteroatoms. The number of hydrogen-bond donors (Lipinski definition) is 0. The van der Waals surface area contributed by atoms with Gasteiger partial charge in [-0.2, -0.15) is 0 Å². The average molecular weight is 278 g/mol. The number of unbranched alkanes of at least 4 members (excludes halogenated alkanes) is 2. The van der Waals surface area contributed by atoms with Crippen LogP contribution < -0.4 is 0 Å². The Morgan fingerprint density at radius 2 is 2.00 bits per heavy atom. The van der Waals surface area contributed by atoms with Gasteiger partial charge in [0.05, 0.1) is 13.3 Å². The molecule has 0 aliphatic rings. The first-order valence-corrected chi connectivity index (χ1v) is 8.00. The van der Waals surface area contributed by atoms with Gasteiger partial charge in [0.1, 0.15) is 5.25 Å². The lowest BCUT2D eigenvalue weighted by molar-refractivity contribution is -0.143. The predicted octanol–water partition coefficient (Wildman–Crippen LogP) is 4.23. The zero-order valence-corrected chi connectivity index (χ0v) is 12.7. The molecule has 0 fully saturated rings. The molecule has 0 aliphatic heterocycles. The van der Waals surface area contributed by atoms with E-state index in [1.165, 1.54) is 0 Å². The Hall–Kier alpha value is -0.250. The molecule has 0 aliphatic carbocycles. The summed E-state index contributed by atoms with van der Waals surface area (Å²) in [5.74, 6) is 1.32. The Bertz CT molecular complexity index is 210. The average Bonchev–Trinajstić information content (AvgIpc) is 2.33. The van der Waals surface area contributed by atoms with E-state index in [0.29, 0.717) is 18.9 Å². The van der Waals surface area contributed by atoms with Gasteiger partial charge in [0.25, 0.3) is 0 Å². The first kappa shape index (κ1) is 17.8. The molecule has 1 atom stereocenters. The maximum Gasteiger partial charge on any atom is 0.319 e. The molecule has 0 spiro atoms. The minimum atomic E-state index is -0.237. The highest BCUT2D eigenvalue weighted by molar-refractivity contribution is 8.00. The van der Waals surface area contributed by atoms with Crippen molar-refractivity contribution < 1.29 is 13.9 Å². The molecule has 0 aromatic rings. The predicted molar refractivity (Wildman–Crippen MR) is 76.8 cm³/mol. The van der Waals surface area contributed by atoms with Crippen LogP contribution >= 0.6 is 11.8 Å². The fourth-order valence-electron chi connectivity index (χ4n) is 1.55. The lowest BCUT2D eigenvalue weighted by atomic mass is 10.1. The summed E-state index contributed by atoms with van der Waals surface area (Å²) in [4.78, 5) is 11.9. The van der Waals surface area contributed by atoms with Gasteiger partial charge in [-0.05, 0) is 37.4 Å². The van der Waals surface area contributed by atoms with Crippen LogP contribution in [0.2, 0.25) is 0 Å². The molecule has 0 amide bonds. The topological polar surface area (TPSA) is 26.3 Å². The number of alkyl halides is 1. The molecule has 0 saturated carbocycles. The Balaban J connectivity index is 3.94. The minimum Gasteiger partial charge on any atom is -0.465 e. The standard InChI is InChI=1S/C14H27FO2S/c1-4-9-17-14(16)13(11-12(2)3)18-10-7-5-6-8-15/h12-13H,4-11H2,1-3H3. The highest BCUT2D eigenvalue weighted by Gasteiger charge is 2.21. The van der Waals surface area contributed by atoms with E-state index in [1.807, 2.05) is 6.92 Å². The van der Waals surface area contributed by atoms with E-state index in [2.05, 4.69) is 13.8 Å². The third-order valence-electron chi connectivity index (χ3n) is 2.49. The van der Waals surface area contributed by atoms with Crippen LogP contribution in [0.25, 0.3) is 0 Å². The summed E-state index contributed by atoms with van der Waals surface area (Å²) in [6, 6.07) is 0. The number of ether oxygens (including phenoxy) is 1. The molecule has 0 heterocycles. The molecule has 0 rings (SSSR count). The van der Waals surface area contributed by atoms with E-state index in [0.717, 1.165) is 31.4 Å². The molecule has 0 N–H and O–H groups in total. The van der Waals surface area contributed by atoms with Crippen molar-refractivity contribution >= 4 is 17.7 Å². The van der Waals surface area contributed by atoms with Crippen LogP contribution in [-0.4, -0.2) is 30.3 Å². The van der Waals surface area contributed by atoms with Crippen molar-refractivity contribution in [1.29, 1.82) is 0 Å². The van der Waals surface area contributed by atoms with Gasteiger partial charge in [-0.3, -0.25) is 9.18 Å². The summed E-state index contributed by atoms with van der Waals surface area (Å²) >= 11 is 1.66. The SMILES string of the molecule is CCCOC(=O)C(CC(C)C)SCCCCCF. The number of esters is 1. The smallest absolute Gasteiger partial charge is 0.319 e. The molecule has 108 valence electrons. The van der Waals surface area contributed by atoms with Gasteiger partial charge in [0.2, 0.25) is 0 Å². The number of carbonyl (C=O) groups excluding carboxylic acids is 1. The van der Waals surface area contributed by atoms with Gasteiger partial charge in [0.15, 0.2) is 0 Å². The van der Waals surface area contributed by atoms with Crippen molar-refractivity contribution in [3.05, 3.63) is 0 Å². The fourth-order valence-corrected chi connectivity index (χ4v) is 2.94. The minimum absolute atomic E-state index is 0.0538. The van der Waals surface area contributed by atoms with E-state index in [-0.39, 0.29) is 17.9 Å². The van der Waals surface area contributed by atoms with Crippen LogP contribution in [0.4, 0.5) is 4.39 Å². The Labute approximate surface area is 115 Å². The lowest BCUT2D eigenvalue weighted by Gasteiger charge is -2.17. The number of carbonyl (C=O) groups is 1. The summed E-state index contributed by atoms with van der Waals surface area (Å²) < 4.78 is 17.2. The second-order valence-electron chi connectivity index (χ2n) is 4.91. The Morgan fingerprint density at radius 3 is 2.56 bits per heavy atom. The van der Waals surface area contributed by atoms with Crippen LogP contribution in [0.3, 0.4) is 0 Å². The molecular formula is C14H27FO2S. The van der Waals surface area contributed by atoms with E-state index in [4.69, 9.17) is 4.74 Å². The van der Waals surface area contributed by atoms with Gasteiger partial charge < -0.3 is 4.74 Å². The van der Waals surface area contributed by atoms with Gasteiger partial charge in [-0.25, -0.2) is 0 Å². The number of hydrogen-bond acceptors (Lipinski definition) is 3. The second kappa shape index (κ2) is 11.8. The number of rotatable bonds is 11. The van der Waals surface area contributed by atoms with Crippen LogP contribution in [0, 0.1) is 5.92 Å². The summed E-state index contributed by atoms with van der Waals surface area (Å²) in [5, 5.41) is -0.0538. The van der Waals surface area contributed by atoms with Crippen molar-refractivity contribution in [1.82, 2.24) is 0 Å². The number of halogens is 1. The van der Waals surface area contributed by atoms with Crippen molar-refractivity contribution in [3.8, 4) is 0 Å². The quantitative estimate of drug-likeness (QED) is 0.418. The highest BCUT2D eigenvalue weighted by Crippen LogP contribution is 2.22. The van der Waals surface area contributed by atoms with Crippen LogP contribution in [0.1, 0.15) is 52.9 Å². The van der Waals surface area contributed by atoms with E-state index in [1.54, 1.807) is 11.8 Å². The van der Waals surface area contributed by atoms with Crippen molar-refractivity contribution in [2.24, 2.45) is 5.92 Å².